The number of benzene rings is 3. The summed E-state index contributed by atoms with van der Waals surface area (Å²) >= 11 is 6.41. The Morgan fingerprint density at radius 2 is 1.70 bits per heavy atom. The van der Waals surface area contributed by atoms with Crippen molar-refractivity contribution < 1.29 is 28.7 Å². The molecule has 1 heterocycles. The number of halogens is 1. The minimum atomic E-state index is -1.23. The van der Waals surface area contributed by atoms with Crippen LogP contribution in [0, 0.1) is 18.8 Å². The van der Waals surface area contributed by atoms with Crippen molar-refractivity contribution in [2.45, 2.75) is 97.1 Å². The van der Waals surface area contributed by atoms with Gasteiger partial charge in [0.15, 0.2) is 6.10 Å². The Bertz CT molecular complexity index is 1800. The molecule has 3 aromatic carbocycles. The number of aryl methyl sites for hydroxylation is 1. The first-order valence-electron chi connectivity index (χ1n) is 19.1. The zero-order valence-corrected chi connectivity index (χ0v) is 32.1. The summed E-state index contributed by atoms with van der Waals surface area (Å²) in [5.41, 5.74) is 4.16. The molecule has 0 radical (unpaired) electrons. The van der Waals surface area contributed by atoms with Gasteiger partial charge in [-0.05, 0) is 103 Å². The van der Waals surface area contributed by atoms with Crippen molar-refractivity contribution in [2.24, 2.45) is 11.8 Å². The van der Waals surface area contributed by atoms with E-state index >= 15 is 0 Å². The zero-order valence-electron chi connectivity index (χ0n) is 31.3. The molecule has 2 aliphatic rings. The number of likely N-dealkylation sites (N-methyl/N-ethyl adjacent to an activating group) is 1. The van der Waals surface area contributed by atoms with Crippen molar-refractivity contribution in [1.29, 1.82) is 0 Å². The number of carbonyl (C=O) groups is 5. The van der Waals surface area contributed by atoms with Gasteiger partial charge in [0.2, 0.25) is 11.7 Å². The molecule has 4 atom stereocenters. The first-order chi connectivity index (χ1) is 25.5. The standard InChI is InChI=1S/C42H53ClN4O6/c1-5-47(6-2)41(51)38(48)35(24-31-19-20-44-39(31)49)46-40(50)36(21-28-13-8-7-9-14-28)53-42(52)45-25-26(3)37-27(4)33-18-11-10-15-30(33)23-34(37)29-16-12-17-32(43)22-29/h10-12,15-18,22-23,26,28,31,35-36H,5-9,13-14,19-21,24-25H2,1-4H3,(H,44,49)(H,45,52)(H,46,50)/t26?,31-,35-,36-/m0/s1. The van der Waals surface area contributed by atoms with Crippen molar-refractivity contribution in [1.82, 2.24) is 20.9 Å². The minimum absolute atomic E-state index is 0.0106. The minimum Gasteiger partial charge on any atom is -0.436 e. The molecule has 2 fully saturated rings. The van der Waals surface area contributed by atoms with Crippen molar-refractivity contribution in [3.63, 3.8) is 0 Å². The van der Waals surface area contributed by atoms with Crippen LogP contribution in [0.25, 0.3) is 21.9 Å². The van der Waals surface area contributed by atoms with Crippen LogP contribution in [0.15, 0.2) is 54.6 Å². The van der Waals surface area contributed by atoms with Gasteiger partial charge in [0.1, 0.15) is 0 Å². The normalized spacial score (nSPS) is 17.8. The average molecular weight is 745 g/mol. The third kappa shape index (κ3) is 9.96. The number of carbonyl (C=O) groups excluding carboxylic acids is 5. The van der Waals surface area contributed by atoms with E-state index < -0.39 is 41.8 Å². The zero-order chi connectivity index (χ0) is 38.1. The van der Waals surface area contributed by atoms with Crippen LogP contribution in [0.1, 0.15) is 89.2 Å². The van der Waals surface area contributed by atoms with E-state index in [0.717, 1.165) is 65.1 Å². The van der Waals surface area contributed by atoms with E-state index in [9.17, 15) is 24.0 Å². The number of rotatable bonds is 15. The first kappa shape index (κ1) is 39.8. The summed E-state index contributed by atoms with van der Waals surface area (Å²) in [5, 5.41) is 11.3. The van der Waals surface area contributed by atoms with E-state index in [0.29, 0.717) is 37.5 Å². The molecule has 11 heteroatoms. The van der Waals surface area contributed by atoms with Crippen LogP contribution in [0.3, 0.4) is 0 Å². The second-order valence-corrected chi connectivity index (χ2v) is 15.0. The molecule has 0 aromatic heterocycles. The topological polar surface area (TPSA) is 134 Å². The summed E-state index contributed by atoms with van der Waals surface area (Å²) in [7, 11) is 0. The third-order valence-electron chi connectivity index (χ3n) is 10.9. The van der Waals surface area contributed by atoms with Crippen LogP contribution < -0.4 is 16.0 Å². The summed E-state index contributed by atoms with van der Waals surface area (Å²) in [6, 6.07) is 16.8. The van der Waals surface area contributed by atoms with Gasteiger partial charge in [-0.25, -0.2) is 4.79 Å². The summed E-state index contributed by atoms with van der Waals surface area (Å²) in [6.45, 7) is 9.04. The molecule has 4 amide bonds. The van der Waals surface area contributed by atoms with E-state index in [1.54, 1.807) is 13.8 Å². The second-order valence-electron chi connectivity index (χ2n) is 14.5. The number of hydrogen-bond donors (Lipinski definition) is 3. The largest absolute Gasteiger partial charge is 0.436 e. The van der Waals surface area contributed by atoms with Gasteiger partial charge in [-0.3, -0.25) is 19.2 Å². The lowest BCUT2D eigenvalue weighted by Gasteiger charge is -2.28. The van der Waals surface area contributed by atoms with Crippen LogP contribution in [-0.4, -0.2) is 72.8 Å². The quantitative estimate of drug-likeness (QED) is 0.142. The second kappa shape index (κ2) is 18.5. The third-order valence-corrected chi connectivity index (χ3v) is 11.2. The van der Waals surface area contributed by atoms with Gasteiger partial charge < -0.3 is 25.6 Å². The molecule has 0 bridgehead atoms. The van der Waals surface area contributed by atoms with E-state index in [2.05, 4.69) is 41.1 Å². The van der Waals surface area contributed by atoms with Gasteiger partial charge >= 0.3 is 6.09 Å². The Balaban J connectivity index is 1.35. The summed E-state index contributed by atoms with van der Waals surface area (Å²) < 4.78 is 5.89. The molecular weight excluding hydrogens is 692 g/mol. The highest BCUT2D eigenvalue weighted by atomic mass is 35.5. The number of amides is 4. The molecule has 3 N–H and O–H groups in total. The van der Waals surface area contributed by atoms with E-state index in [1.165, 1.54) is 4.90 Å². The molecule has 1 saturated carbocycles. The lowest BCUT2D eigenvalue weighted by molar-refractivity contribution is -0.147. The molecule has 10 nitrogen and oxygen atoms in total. The number of ketones is 1. The molecule has 0 spiro atoms. The fourth-order valence-corrected chi connectivity index (χ4v) is 8.17. The van der Waals surface area contributed by atoms with Crippen molar-refractivity contribution in [3.05, 3.63) is 70.7 Å². The highest BCUT2D eigenvalue weighted by Gasteiger charge is 2.38. The molecule has 1 unspecified atom stereocenters. The summed E-state index contributed by atoms with van der Waals surface area (Å²) in [6.07, 6.45) is 3.84. The highest BCUT2D eigenvalue weighted by Crippen LogP contribution is 2.37. The fourth-order valence-electron chi connectivity index (χ4n) is 7.98. The van der Waals surface area contributed by atoms with Crippen LogP contribution in [-0.2, 0) is 23.9 Å². The molecular formula is C42H53ClN4O6. The van der Waals surface area contributed by atoms with Gasteiger partial charge in [0, 0.05) is 37.1 Å². The molecule has 1 aliphatic carbocycles. The highest BCUT2D eigenvalue weighted by molar-refractivity contribution is 6.38. The smallest absolute Gasteiger partial charge is 0.407 e. The Hall–Kier alpha value is -4.44. The van der Waals surface area contributed by atoms with Gasteiger partial charge in [0.05, 0.1) is 6.04 Å². The van der Waals surface area contributed by atoms with Crippen molar-refractivity contribution in [3.8, 4) is 11.1 Å². The SMILES string of the molecule is CCN(CC)C(=O)C(=O)[C@H](C[C@@H]1CCNC1=O)NC(=O)[C@H](CC1CCCCC1)OC(=O)NCC(C)c1c(-c2cccc(Cl)c2)cc2ccccc2c1C. The van der Waals surface area contributed by atoms with Crippen LogP contribution in [0.4, 0.5) is 4.79 Å². The molecule has 1 saturated heterocycles. The molecule has 1 aliphatic heterocycles. The number of ether oxygens (including phenoxy) is 1. The maximum atomic E-state index is 14.0. The van der Waals surface area contributed by atoms with Gasteiger partial charge in [-0.15, -0.1) is 0 Å². The van der Waals surface area contributed by atoms with Crippen LogP contribution >= 0.6 is 11.6 Å². The van der Waals surface area contributed by atoms with E-state index in [4.69, 9.17) is 16.3 Å². The predicted octanol–water partition coefficient (Wildman–Crippen LogP) is 7.09. The van der Waals surface area contributed by atoms with E-state index in [-0.39, 0.29) is 30.7 Å². The Labute approximate surface area is 317 Å². The van der Waals surface area contributed by atoms with Gasteiger partial charge in [0.25, 0.3) is 11.8 Å². The number of nitrogens with one attached hydrogen (secondary N) is 3. The van der Waals surface area contributed by atoms with Gasteiger partial charge in [-0.1, -0.05) is 87.0 Å². The number of Topliss-reactive ketones (excluding diaryl/α,β-unsaturated/α-hetero) is 1. The Morgan fingerprint density at radius 1 is 0.962 bits per heavy atom. The van der Waals surface area contributed by atoms with Crippen LogP contribution in [0.2, 0.25) is 5.02 Å². The van der Waals surface area contributed by atoms with Crippen LogP contribution in [0.5, 0.6) is 0 Å². The van der Waals surface area contributed by atoms with E-state index in [1.807, 2.05) is 43.3 Å². The number of hydrogen-bond acceptors (Lipinski definition) is 6. The predicted molar refractivity (Wildman–Crippen MR) is 208 cm³/mol. The van der Waals surface area contributed by atoms with Crippen molar-refractivity contribution >= 4 is 52.0 Å². The molecule has 53 heavy (non-hydrogen) atoms. The Morgan fingerprint density at radius 3 is 2.38 bits per heavy atom. The maximum absolute atomic E-state index is 14.0. The lowest BCUT2D eigenvalue weighted by atomic mass is 9.85. The monoisotopic (exact) mass is 744 g/mol. The Kier molecular flexibility index (Phi) is 13.9. The summed E-state index contributed by atoms with van der Waals surface area (Å²) in [4.78, 5) is 68.2. The molecule has 284 valence electrons. The van der Waals surface area contributed by atoms with Crippen molar-refractivity contribution in [2.75, 3.05) is 26.2 Å². The number of fused-ring (bicyclic) bond motifs is 1. The molecule has 3 aromatic rings. The number of alkyl carbamates (subject to hydrolysis) is 1. The number of nitrogens with zero attached hydrogens (tertiary/aromatic N) is 1. The maximum Gasteiger partial charge on any atom is 0.407 e. The average Bonchev–Trinajstić information content (AvgIpc) is 3.57. The summed E-state index contributed by atoms with van der Waals surface area (Å²) in [5.74, 6) is -2.84. The molecule has 5 rings (SSSR count). The lowest BCUT2D eigenvalue weighted by Crippen LogP contribution is -2.53. The first-order valence-corrected chi connectivity index (χ1v) is 19.5. The van der Waals surface area contributed by atoms with Gasteiger partial charge in [-0.2, -0.15) is 0 Å². The fraction of sp³-hybridized carbons (Fsp3) is 0.500.